The maximum Gasteiger partial charge on any atom is 0.419 e. The molecule has 0 saturated heterocycles. The van der Waals surface area contributed by atoms with E-state index in [0.29, 0.717) is 17.7 Å². The Morgan fingerprint density at radius 1 is 0.960 bits per heavy atom. The molecule has 5 rings (SSSR count). The number of rotatable bonds is 6. The topological polar surface area (TPSA) is 101 Å². The van der Waals surface area contributed by atoms with Gasteiger partial charge in [-0.15, -0.1) is 0 Å². The van der Waals surface area contributed by atoms with Crippen LogP contribution in [0.4, 0.5) is 30.7 Å². The van der Waals surface area contributed by atoms with E-state index < -0.39 is 70.8 Å². The van der Waals surface area contributed by atoms with Crippen molar-refractivity contribution in [1.29, 1.82) is 0 Å². The van der Waals surface area contributed by atoms with E-state index in [-0.39, 0.29) is 46.7 Å². The highest BCUT2D eigenvalue weighted by Crippen LogP contribution is 2.43. The lowest BCUT2D eigenvalue weighted by Crippen LogP contribution is -2.41. The number of fused-ring (bicyclic) bond motifs is 6. The molecule has 1 aliphatic heterocycles. The normalized spacial score (nSPS) is 16.4. The minimum absolute atomic E-state index is 0.00824. The van der Waals surface area contributed by atoms with Crippen LogP contribution < -0.4 is 15.6 Å². The number of pyridine rings is 1. The summed E-state index contributed by atoms with van der Waals surface area (Å²) in [4.78, 5) is 41.2. The molecule has 2 atom stereocenters. The molecule has 1 aromatic heterocycles. The molecule has 0 spiro atoms. The molecule has 2 heterocycles. The minimum atomic E-state index is -5.25. The van der Waals surface area contributed by atoms with E-state index in [1.807, 2.05) is 0 Å². The first kappa shape index (κ1) is 36.1. The second-order valence-corrected chi connectivity index (χ2v) is 12.1. The van der Waals surface area contributed by atoms with Gasteiger partial charge < -0.3 is 20.1 Å². The van der Waals surface area contributed by atoms with Gasteiger partial charge in [-0.3, -0.25) is 19.0 Å². The van der Waals surface area contributed by atoms with Crippen LogP contribution in [-0.4, -0.2) is 47.1 Å². The molecule has 0 fully saturated rings. The molecule has 1 aliphatic rings. The average molecular weight is 706 g/mol. The fourth-order valence-corrected chi connectivity index (χ4v) is 5.93. The summed E-state index contributed by atoms with van der Waals surface area (Å²) in [7, 11) is 3.25. The van der Waals surface area contributed by atoms with Gasteiger partial charge in [0.1, 0.15) is 23.4 Å². The Kier molecular flexibility index (Phi) is 9.83. The fraction of sp³-hybridized carbons (Fsp3) is 0.286. The van der Waals surface area contributed by atoms with Crippen molar-refractivity contribution < 1.29 is 50.2 Å². The van der Waals surface area contributed by atoms with Gasteiger partial charge in [-0.2, -0.15) is 26.3 Å². The third-order valence-electron chi connectivity index (χ3n) is 8.23. The standard InChI is InChI=1S/C35H30F7N3O5/c1-18-6-4-9-27-30(18)21-13-23(31(36)25(14-21)35(40,41)42)26(16-29(47)48)43-33(49)32(19-7-5-8-22(12-19)50-27)45-17-20(10-11-44(2)3)24(15-28(45)46)34(37,38)39/h4-9,12-15,17,26,32H,10-11,16H2,1-3H3,(H,43,49)(H,47,48)/t26-,32-/m1/s1. The van der Waals surface area contributed by atoms with Gasteiger partial charge in [-0.05, 0) is 80.0 Å². The van der Waals surface area contributed by atoms with Crippen LogP contribution in [0, 0.1) is 12.7 Å². The van der Waals surface area contributed by atoms with Crippen LogP contribution in [-0.2, 0) is 28.4 Å². The van der Waals surface area contributed by atoms with E-state index in [2.05, 4.69) is 5.32 Å². The monoisotopic (exact) mass is 705 g/mol. The number of nitrogens with zero attached hydrogens (tertiary/aromatic N) is 2. The van der Waals surface area contributed by atoms with Crippen molar-refractivity contribution in [3.05, 3.63) is 116 Å². The van der Waals surface area contributed by atoms with E-state index in [1.165, 1.54) is 30.3 Å². The number of ether oxygens (including phenoxy) is 1. The summed E-state index contributed by atoms with van der Waals surface area (Å²) in [6.07, 6.45) is -10.6. The predicted molar refractivity (Wildman–Crippen MR) is 167 cm³/mol. The molecule has 3 aromatic carbocycles. The molecule has 2 N–H and O–H groups in total. The molecular formula is C35H30F7N3O5. The van der Waals surface area contributed by atoms with E-state index in [1.54, 1.807) is 38.1 Å². The van der Waals surface area contributed by atoms with E-state index >= 15 is 4.39 Å². The van der Waals surface area contributed by atoms with E-state index in [9.17, 15) is 45.8 Å². The van der Waals surface area contributed by atoms with Crippen molar-refractivity contribution in [3.8, 4) is 22.6 Å². The maximum atomic E-state index is 15.9. The Morgan fingerprint density at radius 2 is 1.64 bits per heavy atom. The van der Waals surface area contributed by atoms with Crippen molar-refractivity contribution >= 4 is 11.9 Å². The number of hydrogen-bond acceptors (Lipinski definition) is 5. The number of halogens is 7. The zero-order valence-corrected chi connectivity index (χ0v) is 26.7. The number of aliphatic carboxylic acids is 1. The number of amides is 1. The Balaban J connectivity index is 1.83. The number of carbonyl (C=O) groups excluding carboxylic acids is 1. The van der Waals surface area contributed by atoms with Crippen LogP contribution >= 0.6 is 0 Å². The molecule has 4 aromatic rings. The molecule has 0 aliphatic carbocycles. The Hall–Kier alpha value is -5.18. The smallest absolute Gasteiger partial charge is 0.419 e. The number of benzene rings is 3. The SMILES string of the molecule is Cc1cccc2c1-c1cc(c(F)c(C(F)(F)F)c1)[C@@H](CC(=O)O)NC(=O)[C@H](n1cc(CCN(C)C)c(C(F)(F)F)cc1=O)c1cccc(c1)O2. The number of alkyl halides is 6. The second kappa shape index (κ2) is 13.6. The number of carbonyl (C=O) groups is 2. The zero-order valence-electron chi connectivity index (χ0n) is 26.7. The molecule has 0 radical (unpaired) electrons. The van der Waals surface area contributed by atoms with Crippen molar-refractivity contribution in [3.63, 3.8) is 0 Å². The van der Waals surface area contributed by atoms with E-state index in [0.717, 1.165) is 16.8 Å². The van der Waals surface area contributed by atoms with Crippen molar-refractivity contribution in [2.24, 2.45) is 0 Å². The molecule has 8 nitrogen and oxygen atoms in total. The van der Waals surface area contributed by atoms with Crippen LogP contribution in [0.15, 0.2) is 71.7 Å². The second-order valence-electron chi connectivity index (χ2n) is 12.1. The Labute approximate surface area is 280 Å². The van der Waals surface area contributed by atoms with Gasteiger partial charge in [0.25, 0.3) is 5.56 Å². The van der Waals surface area contributed by atoms with Gasteiger partial charge in [0.2, 0.25) is 5.91 Å². The Bertz CT molecular complexity index is 2020. The number of likely N-dealkylation sites (N-methyl/N-ethyl adjacent to an activating group) is 1. The third-order valence-corrected chi connectivity index (χ3v) is 8.23. The number of aryl methyl sites for hydroxylation is 1. The fourth-order valence-electron chi connectivity index (χ4n) is 5.93. The minimum Gasteiger partial charge on any atom is -0.481 e. The first-order valence-corrected chi connectivity index (χ1v) is 15.1. The molecule has 50 heavy (non-hydrogen) atoms. The van der Waals surface area contributed by atoms with Crippen LogP contribution in [0.25, 0.3) is 11.1 Å². The molecule has 264 valence electrons. The molecule has 0 unspecified atom stereocenters. The predicted octanol–water partition coefficient (Wildman–Crippen LogP) is 7.13. The lowest BCUT2D eigenvalue weighted by Gasteiger charge is -2.26. The number of aromatic nitrogens is 1. The average Bonchev–Trinajstić information content (AvgIpc) is 3.00. The van der Waals surface area contributed by atoms with Crippen molar-refractivity contribution in [2.45, 2.75) is 44.2 Å². The lowest BCUT2D eigenvalue weighted by molar-refractivity contribution is -0.140. The summed E-state index contributed by atoms with van der Waals surface area (Å²) in [6.45, 7) is 1.70. The summed E-state index contributed by atoms with van der Waals surface area (Å²) in [5.41, 5.74) is -5.05. The number of hydrogen-bond donors (Lipinski definition) is 2. The van der Waals surface area contributed by atoms with Gasteiger partial charge >= 0.3 is 18.3 Å². The van der Waals surface area contributed by atoms with Crippen LogP contribution in [0.1, 0.15) is 51.9 Å². The molecule has 1 amide bonds. The summed E-state index contributed by atoms with van der Waals surface area (Å²) < 4.78 is 108. The van der Waals surface area contributed by atoms with Crippen LogP contribution in [0.2, 0.25) is 0 Å². The largest absolute Gasteiger partial charge is 0.481 e. The first-order valence-electron chi connectivity index (χ1n) is 15.1. The third kappa shape index (κ3) is 7.52. The lowest BCUT2D eigenvalue weighted by atomic mass is 9.91. The van der Waals surface area contributed by atoms with E-state index in [4.69, 9.17) is 4.74 Å². The highest BCUT2D eigenvalue weighted by Gasteiger charge is 2.39. The summed E-state index contributed by atoms with van der Waals surface area (Å²) >= 11 is 0. The number of carboxylic acids is 1. The van der Waals surface area contributed by atoms with Gasteiger partial charge in [-0.1, -0.05) is 24.3 Å². The van der Waals surface area contributed by atoms with Crippen LogP contribution in [0.3, 0.4) is 0 Å². The quantitative estimate of drug-likeness (QED) is 0.207. The van der Waals surface area contributed by atoms with Gasteiger partial charge in [-0.25, -0.2) is 4.39 Å². The summed E-state index contributed by atoms with van der Waals surface area (Å²) in [6, 6.07) is 8.29. The zero-order chi connectivity index (χ0) is 36.7. The molecule has 0 saturated carbocycles. The summed E-state index contributed by atoms with van der Waals surface area (Å²) in [5.74, 6) is -4.60. The molecule has 4 bridgehead atoms. The van der Waals surface area contributed by atoms with Crippen LogP contribution in [0.5, 0.6) is 11.5 Å². The highest BCUT2D eigenvalue weighted by molar-refractivity contribution is 5.85. The van der Waals surface area contributed by atoms with Gasteiger partial charge in [0.15, 0.2) is 0 Å². The maximum absolute atomic E-state index is 15.9. The summed E-state index contributed by atoms with van der Waals surface area (Å²) in [5, 5.41) is 12.0. The molecular weight excluding hydrogens is 675 g/mol. The number of carboxylic acid groups (broad SMARTS) is 1. The first-order chi connectivity index (χ1) is 23.3. The van der Waals surface area contributed by atoms with Gasteiger partial charge in [0, 0.05) is 29.9 Å². The number of nitrogens with one attached hydrogen (secondary N) is 1. The van der Waals surface area contributed by atoms with Crippen molar-refractivity contribution in [2.75, 3.05) is 20.6 Å². The highest BCUT2D eigenvalue weighted by atomic mass is 19.4. The van der Waals surface area contributed by atoms with Crippen molar-refractivity contribution in [1.82, 2.24) is 14.8 Å². The van der Waals surface area contributed by atoms with Gasteiger partial charge in [0.05, 0.1) is 23.6 Å². The Morgan fingerprint density at radius 3 is 2.28 bits per heavy atom. The molecule has 15 heteroatoms.